The number of rotatable bonds is 2. The minimum absolute atomic E-state index is 0.0640. The van der Waals surface area contributed by atoms with E-state index in [4.69, 9.17) is 11.6 Å². The van der Waals surface area contributed by atoms with Gasteiger partial charge in [-0.05, 0) is 36.4 Å². The van der Waals surface area contributed by atoms with E-state index in [-0.39, 0.29) is 33.8 Å². The standard InChI is InChI=1S/C18H11ClF2O2/c19-10-5-6-18(23)14(7-10)13-9-15(20)12(8-16(13)21)11-3-1-2-4-17(11)22/h1-9,22-23H. The average Bonchev–Trinajstić information content (AvgIpc) is 2.52. The largest absolute Gasteiger partial charge is 0.507 e. The lowest BCUT2D eigenvalue weighted by Crippen LogP contribution is -1.92. The molecule has 0 aliphatic rings. The van der Waals surface area contributed by atoms with E-state index < -0.39 is 11.6 Å². The van der Waals surface area contributed by atoms with E-state index in [9.17, 15) is 19.0 Å². The predicted molar refractivity (Wildman–Crippen MR) is 85.6 cm³/mol. The van der Waals surface area contributed by atoms with Gasteiger partial charge in [0.2, 0.25) is 0 Å². The van der Waals surface area contributed by atoms with Crippen LogP contribution >= 0.6 is 11.6 Å². The van der Waals surface area contributed by atoms with Crippen molar-refractivity contribution in [2.24, 2.45) is 0 Å². The van der Waals surface area contributed by atoms with Crippen molar-refractivity contribution in [2.45, 2.75) is 0 Å². The molecule has 0 aliphatic heterocycles. The number of hydrogen-bond donors (Lipinski definition) is 2. The molecule has 116 valence electrons. The lowest BCUT2D eigenvalue weighted by Gasteiger charge is -2.11. The van der Waals surface area contributed by atoms with Gasteiger partial charge in [-0.3, -0.25) is 0 Å². The Bertz CT molecular complexity index is 894. The zero-order valence-electron chi connectivity index (χ0n) is 11.7. The molecule has 0 saturated heterocycles. The van der Waals surface area contributed by atoms with Gasteiger partial charge >= 0.3 is 0 Å². The van der Waals surface area contributed by atoms with Crippen LogP contribution in [0.1, 0.15) is 0 Å². The Labute approximate surface area is 136 Å². The molecule has 0 radical (unpaired) electrons. The highest BCUT2D eigenvalue weighted by molar-refractivity contribution is 6.31. The highest BCUT2D eigenvalue weighted by atomic mass is 35.5. The van der Waals surface area contributed by atoms with Crippen LogP contribution in [-0.4, -0.2) is 10.2 Å². The summed E-state index contributed by atoms with van der Waals surface area (Å²) in [5.74, 6) is -1.81. The Hall–Kier alpha value is -2.59. The molecular formula is C18H11ClF2O2. The minimum atomic E-state index is -0.734. The molecule has 2 N–H and O–H groups in total. The second-order valence-corrected chi connectivity index (χ2v) is 5.43. The zero-order chi connectivity index (χ0) is 16.6. The van der Waals surface area contributed by atoms with Crippen LogP contribution in [-0.2, 0) is 0 Å². The van der Waals surface area contributed by atoms with Crippen LogP contribution in [0.15, 0.2) is 54.6 Å². The first-order chi connectivity index (χ1) is 11.0. The number of phenols is 2. The van der Waals surface area contributed by atoms with Gasteiger partial charge in [-0.1, -0.05) is 29.8 Å². The fraction of sp³-hybridized carbons (Fsp3) is 0. The van der Waals surface area contributed by atoms with Crippen molar-refractivity contribution in [1.82, 2.24) is 0 Å². The molecule has 0 spiro atoms. The van der Waals surface area contributed by atoms with Crippen LogP contribution in [0.25, 0.3) is 22.3 Å². The Morgan fingerprint density at radius 2 is 1.22 bits per heavy atom. The zero-order valence-corrected chi connectivity index (χ0v) is 12.5. The van der Waals surface area contributed by atoms with Crippen LogP contribution < -0.4 is 0 Å². The summed E-state index contributed by atoms with van der Waals surface area (Å²) in [7, 11) is 0. The molecule has 3 rings (SSSR count). The van der Waals surface area contributed by atoms with Crippen LogP contribution in [0.4, 0.5) is 8.78 Å². The van der Waals surface area contributed by atoms with Gasteiger partial charge in [0.25, 0.3) is 0 Å². The summed E-state index contributed by atoms with van der Waals surface area (Å²) in [6.07, 6.45) is 0. The maximum absolute atomic E-state index is 14.4. The number of para-hydroxylation sites is 1. The third-order valence-electron chi connectivity index (χ3n) is 3.50. The summed E-state index contributed by atoms with van der Waals surface area (Å²) in [5.41, 5.74) is 0.107. The first kappa shape index (κ1) is 15.3. The summed E-state index contributed by atoms with van der Waals surface area (Å²) >= 11 is 5.85. The smallest absolute Gasteiger partial charge is 0.131 e. The van der Waals surface area contributed by atoms with E-state index in [1.54, 1.807) is 12.1 Å². The maximum Gasteiger partial charge on any atom is 0.131 e. The Kier molecular flexibility index (Phi) is 3.92. The van der Waals surface area contributed by atoms with E-state index in [0.29, 0.717) is 5.02 Å². The summed E-state index contributed by atoms with van der Waals surface area (Å²) in [6, 6.07) is 12.2. The van der Waals surface area contributed by atoms with Crippen molar-refractivity contribution in [3.63, 3.8) is 0 Å². The van der Waals surface area contributed by atoms with E-state index in [2.05, 4.69) is 0 Å². The molecule has 3 aromatic carbocycles. The second-order valence-electron chi connectivity index (χ2n) is 4.99. The third kappa shape index (κ3) is 2.85. The van der Waals surface area contributed by atoms with Crippen LogP contribution in [0, 0.1) is 11.6 Å². The van der Waals surface area contributed by atoms with Crippen molar-refractivity contribution < 1.29 is 19.0 Å². The molecule has 0 bridgehead atoms. The number of phenolic OH excluding ortho intramolecular Hbond substituents is 2. The van der Waals surface area contributed by atoms with Crippen molar-refractivity contribution in [3.05, 3.63) is 71.3 Å². The first-order valence-electron chi connectivity index (χ1n) is 6.73. The molecule has 5 heteroatoms. The lowest BCUT2D eigenvalue weighted by atomic mass is 9.98. The number of benzene rings is 3. The van der Waals surface area contributed by atoms with Gasteiger partial charge in [-0.2, -0.15) is 0 Å². The maximum atomic E-state index is 14.4. The van der Waals surface area contributed by atoms with Gasteiger partial charge in [0.15, 0.2) is 0 Å². The van der Waals surface area contributed by atoms with Gasteiger partial charge in [0.1, 0.15) is 23.1 Å². The molecule has 0 aromatic heterocycles. The highest BCUT2D eigenvalue weighted by Gasteiger charge is 2.17. The quantitative estimate of drug-likeness (QED) is 0.663. The third-order valence-corrected chi connectivity index (χ3v) is 3.73. The fourth-order valence-corrected chi connectivity index (χ4v) is 2.56. The van der Waals surface area contributed by atoms with E-state index in [1.165, 1.54) is 30.3 Å². The molecular weight excluding hydrogens is 322 g/mol. The number of hydrogen-bond acceptors (Lipinski definition) is 2. The van der Waals surface area contributed by atoms with Gasteiger partial charge in [0, 0.05) is 27.3 Å². The molecule has 0 atom stereocenters. The summed E-state index contributed by atoms with van der Waals surface area (Å²) in [4.78, 5) is 0. The summed E-state index contributed by atoms with van der Waals surface area (Å²) in [6.45, 7) is 0. The molecule has 3 aromatic rings. The number of aromatic hydroxyl groups is 2. The molecule has 2 nitrogen and oxygen atoms in total. The second kappa shape index (κ2) is 5.89. The molecule has 23 heavy (non-hydrogen) atoms. The normalized spacial score (nSPS) is 10.7. The van der Waals surface area contributed by atoms with Crippen LogP contribution in [0.5, 0.6) is 11.5 Å². The van der Waals surface area contributed by atoms with E-state index in [0.717, 1.165) is 12.1 Å². The Balaban J connectivity index is 2.19. The Morgan fingerprint density at radius 1 is 0.652 bits per heavy atom. The van der Waals surface area contributed by atoms with E-state index in [1.807, 2.05) is 0 Å². The molecule has 0 aliphatic carbocycles. The Morgan fingerprint density at radius 3 is 1.87 bits per heavy atom. The van der Waals surface area contributed by atoms with Gasteiger partial charge in [-0.15, -0.1) is 0 Å². The minimum Gasteiger partial charge on any atom is -0.507 e. The van der Waals surface area contributed by atoms with Crippen LogP contribution in [0.3, 0.4) is 0 Å². The van der Waals surface area contributed by atoms with Crippen molar-refractivity contribution in [2.75, 3.05) is 0 Å². The van der Waals surface area contributed by atoms with Crippen molar-refractivity contribution >= 4 is 11.6 Å². The number of halogens is 3. The van der Waals surface area contributed by atoms with Gasteiger partial charge in [-0.25, -0.2) is 8.78 Å². The predicted octanol–water partition coefficient (Wildman–Crippen LogP) is 5.36. The molecule has 0 unspecified atom stereocenters. The average molecular weight is 333 g/mol. The summed E-state index contributed by atoms with van der Waals surface area (Å²) < 4.78 is 28.9. The molecule has 0 amide bonds. The fourth-order valence-electron chi connectivity index (χ4n) is 2.39. The van der Waals surface area contributed by atoms with Crippen molar-refractivity contribution in [1.29, 1.82) is 0 Å². The first-order valence-corrected chi connectivity index (χ1v) is 7.11. The topological polar surface area (TPSA) is 40.5 Å². The summed E-state index contributed by atoms with van der Waals surface area (Å²) in [5, 5.41) is 19.9. The molecule has 0 saturated carbocycles. The van der Waals surface area contributed by atoms with Gasteiger partial charge < -0.3 is 10.2 Å². The SMILES string of the molecule is Oc1ccccc1-c1cc(F)c(-c2cc(Cl)ccc2O)cc1F. The molecule has 0 fully saturated rings. The lowest BCUT2D eigenvalue weighted by molar-refractivity contribution is 0.475. The van der Waals surface area contributed by atoms with Crippen LogP contribution in [0.2, 0.25) is 5.02 Å². The van der Waals surface area contributed by atoms with Crippen molar-refractivity contribution in [3.8, 4) is 33.8 Å². The molecule has 0 heterocycles. The van der Waals surface area contributed by atoms with E-state index >= 15 is 0 Å². The van der Waals surface area contributed by atoms with Gasteiger partial charge in [0.05, 0.1) is 0 Å². The monoisotopic (exact) mass is 332 g/mol. The highest BCUT2D eigenvalue weighted by Crippen LogP contribution is 2.38.